The van der Waals surface area contributed by atoms with E-state index in [1.165, 1.54) is 116 Å². The van der Waals surface area contributed by atoms with Crippen molar-refractivity contribution in [2.24, 2.45) is 5.41 Å². The van der Waals surface area contributed by atoms with Crippen LogP contribution >= 0.6 is 0 Å². The zero-order valence-electron chi connectivity index (χ0n) is 25.2. The van der Waals surface area contributed by atoms with Gasteiger partial charge in [-0.15, -0.1) is 0 Å². The first kappa shape index (κ1) is 34.1. The van der Waals surface area contributed by atoms with Gasteiger partial charge in [0.05, 0.1) is 0 Å². The van der Waals surface area contributed by atoms with E-state index in [0.717, 1.165) is 6.61 Å². The highest BCUT2D eigenvalue weighted by Crippen LogP contribution is 2.43. The summed E-state index contributed by atoms with van der Waals surface area (Å²) < 4.78 is 6.72. The molecule has 206 valence electrons. The molecular weight excluding hydrogens is 434 g/mol. The smallest absolute Gasteiger partial charge is 0.192 e. The summed E-state index contributed by atoms with van der Waals surface area (Å²) in [6, 6.07) is 3.85. The van der Waals surface area contributed by atoms with E-state index in [9.17, 15) is 0 Å². The zero-order valence-corrected chi connectivity index (χ0v) is 26.2. The fourth-order valence-corrected chi connectivity index (χ4v) is 9.82. The van der Waals surface area contributed by atoms with Crippen LogP contribution in [0.3, 0.4) is 0 Å². The average molecular weight is 500 g/mol. The lowest BCUT2D eigenvalue weighted by atomic mass is 9.79. The van der Waals surface area contributed by atoms with Crippen molar-refractivity contribution in [3.63, 3.8) is 0 Å². The number of hydrogen-bond donors (Lipinski definition) is 0. The van der Waals surface area contributed by atoms with Crippen molar-refractivity contribution >= 4 is 8.32 Å². The maximum Gasteiger partial charge on any atom is 0.192 e. The molecule has 0 aliphatic heterocycles. The van der Waals surface area contributed by atoms with Gasteiger partial charge in [0.15, 0.2) is 8.32 Å². The molecule has 0 radical (unpaired) electrons. The molecule has 0 atom stereocenters. The highest BCUT2D eigenvalue weighted by molar-refractivity contribution is 6.73. The SMILES string of the molecule is CCCN(CC)CCC(CCN(CC)CCC)(CCN(CC)CCC)C[Si](CC)(CC)OCC. The number of nitrogens with zero attached hydrogens (tertiary/aromatic N) is 3. The van der Waals surface area contributed by atoms with Crippen LogP contribution in [0.25, 0.3) is 0 Å². The van der Waals surface area contributed by atoms with Crippen LogP contribution in [0.4, 0.5) is 0 Å². The summed E-state index contributed by atoms with van der Waals surface area (Å²) in [5, 5.41) is 0. The maximum atomic E-state index is 6.72. The van der Waals surface area contributed by atoms with Crippen LogP contribution in [0.2, 0.25) is 18.1 Å². The Labute approximate surface area is 217 Å². The first-order valence-corrected chi connectivity index (χ1v) is 17.7. The second-order valence-corrected chi connectivity index (χ2v) is 15.0. The lowest BCUT2D eigenvalue weighted by molar-refractivity contribution is 0.132. The zero-order chi connectivity index (χ0) is 25.9. The third-order valence-electron chi connectivity index (χ3n) is 8.27. The van der Waals surface area contributed by atoms with E-state index in [-0.39, 0.29) is 0 Å². The fraction of sp³-hybridized carbons (Fsp3) is 1.00. The Morgan fingerprint density at radius 1 is 0.529 bits per heavy atom. The van der Waals surface area contributed by atoms with Crippen molar-refractivity contribution < 1.29 is 4.43 Å². The Balaban J connectivity index is 6.08. The molecule has 0 amide bonds. The van der Waals surface area contributed by atoms with Gasteiger partial charge in [-0.2, -0.15) is 0 Å². The van der Waals surface area contributed by atoms with E-state index >= 15 is 0 Å². The molecule has 34 heavy (non-hydrogen) atoms. The number of hydrogen-bond acceptors (Lipinski definition) is 4. The third-order valence-corrected chi connectivity index (χ3v) is 13.1. The summed E-state index contributed by atoms with van der Waals surface area (Å²) >= 11 is 0. The molecule has 0 spiro atoms. The van der Waals surface area contributed by atoms with Crippen LogP contribution < -0.4 is 0 Å². The molecule has 0 rings (SSSR count). The lowest BCUT2D eigenvalue weighted by Gasteiger charge is -2.44. The molecule has 0 aliphatic rings. The summed E-state index contributed by atoms with van der Waals surface area (Å²) in [5.41, 5.74) is 0.386. The van der Waals surface area contributed by atoms with Gasteiger partial charge in [0, 0.05) is 6.61 Å². The van der Waals surface area contributed by atoms with E-state index in [1.807, 2.05) is 0 Å². The van der Waals surface area contributed by atoms with Crippen molar-refractivity contribution in [3.05, 3.63) is 0 Å². The van der Waals surface area contributed by atoms with Crippen molar-refractivity contribution in [3.8, 4) is 0 Å². The number of rotatable bonds is 24. The molecule has 0 aliphatic carbocycles. The standard InChI is InChI=1S/C29H65N3OSi/c1-10-22-30(13-4)25-19-29(20-26-31(14-5)23-11-2,21-27-32(15-6)24-12-3)28-34(17-8,18-9)33-16-7/h10-28H2,1-9H3. The predicted molar refractivity (Wildman–Crippen MR) is 157 cm³/mol. The average Bonchev–Trinajstić information content (AvgIpc) is 2.86. The van der Waals surface area contributed by atoms with Gasteiger partial charge in [-0.05, 0) is 128 Å². The highest BCUT2D eigenvalue weighted by atomic mass is 28.4. The summed E-state index contributed by atoms with van der Waals surface area (Å²) in [6.07, 6.45) is 7.75. The van der Waals surface area contributed by atoms with Gasteiger partial charge < -0.3 is 19.1 Å². The Bertz CT molecular complexity index is 413. The van der Waals surface area contributed by atoms with E-state index in [2.05, 4.69) is 77.0 Å². The molecule has 0 aromatic heterocycles. The summed E-state index contributed by atoms with van der Waals surface area (Å²) in [4.78, 5) is 8.09. The van der Waals surface area contributed by atoms with Gasteiger partial charge >= 0.3 is 0 Å². The Morgan fingerprint density at radius 2 is 0.882 bits per heavy atom. The largest absolute Gasteiger partial charge is 0.417 e. The van der Waals surface area contributed by atoms with E-state index in [0.29, 0.717) is 5.41 Å². The van der Waals surface area contributed by atoms with Gasteiger partial charge in [0.1, 0.15) is 0 Å². The van der Waals surface area contributed by atoms with Gasteiger partial charge in [-0.1, -0.05) is 55.4 Å². The first-order chi connectivity index (χ1) is 16.4. The molecule has 5 heteroatoms. The van der Waals surface area contributed by atoms with Gasteiger partial charge in [-0.25, -0.2) is 0 Å². The van der Waals surface area contributed by atoms with Gasteiger partial charge in [-0.3, -0.25) is 0 Å². The molecule has 0 aromatic carbocycles. The summed E-state index contributed by atoms with van der Waals surface area (Å²) in [6.45, 7) is 32.9. The molecule has 0 aromatic rings. The normalized spacial score (nSPS) is 13.1. The van der Waals surface area contributed by atoms with Crippen molar-refractivity contribution in [1.82, 2.24) is 14.7 Å². The Morgan fingerprint density at radius 3 is 1.12 bits per heavy atom. The van der Waals surface area contributed by atoms with Gasteiger partial charge in [0.2, 0.25) is 0 Å². The van der Waals surface area contributed by atoms with E-state index < -0.39 is 8.32 Å². The highest BCUT2D eigenvalue weighted by Gasteiger charge is 2.42. The predicted octanol–water partition coefficient (Wildman–Crippen LogP) is 7.36. The van der Waals surface area contributed by atoms with Crippen LogP contribution in [0.15, 0.2) is 0 Å². The summed E-state index contributed by atoms with van der Waals surface area (Å²) in [5.74, 6) is 0. The minimum atomic E-state index is -1.74. The van der Waals surface area contributed by atoms with Crippen molar-refractivity contribution in [2.75, 3.05) is 65.5 Å². The third kappa shape index (κ3) is 12.8. The molecular formula is C29H65N3OSi. The Kier molecular flexibility index (Phi) is 20.2. The van der Waals surface area contributed by atoms with Crippen LogP contribution in [0.5, 0.6) is 0 Å². The van der Waals surface area contributed by atoms with Crippen LogP contribution in [-0.4, -0.2) is 88.5 Å². The van der Waals surface area contributed by atoms with Crippen LogP contribution in [0, 0.1) is 5.41 Å². The second-order valence-electron chi connectivity index (χ2n) is 10.6. The lowest BCUT2D eigenvalue weighted by Crippen LogP contribution is -2.46. The first-order valence-electron chi connectivity index (χ1n) is 15.2. The minimum Gasteiger partial charge on any atom is -0.417 e. The van der Waals surface area contributed by atoms with E-state index in [4.69, 9.17) is 4.43 Å². The van der Waals surface area contributed by atoms with E-state index in [1.54, 1.807) is 0 Å². The Hall–Kier alpha value is 0.0569. The molecule has 0 N–H and O–H groups in total. The molecule has 0 bridgehead atoms. The molecule has 0 heterocycles. The molecule has 0 saturated heterocycles. The van der Waals surface area contributed by atoms with Crippen molar-refractivity contribution in [2.45, 2.75) is 119 Å². The van der Waals surface area contributed by atoms with Crippen molar-refractivity contribution in [1.29, 1.82) is 0 Å². The minimum absolute atomic E-state index is 0.386. The topological polar surface area (TPSA) is 19.0 Å². The monoisotopic (exact) mass is 499 g/mol. The molecule has 0 unspecified atom stereocenters. The quantitative estimate of drug-likeness (QED) is 0.129. The van der Waals surface area contributed by atoms with Crippen LogP contribution in [0.1, 0.15) is 101 Å². The maximum absolute atomic E-state index is 6.72. The van der Waals surface area contributed by atoms with Gasteiger partial charge in [0.25, 0.3) is 0 Å². The molecule has 0 saturated carbocycles. The van der Waals surface area contributed by atoms with Crippen LogP contribution in [-0.2, 0) is 4.43 Å². The molecule has 0 fully saturated rings. The summed E-state index contributed by atoms with van der Waals surface area (Å²) in [7, 11) is -1.74. The molecule has 4 nitrogen and oxygen atoms in total. The second kappa shape index (κ2) is 20.2. The fourth-order valence-electron chi connectivity index (χ4n) is 5.80.